The predicted octanol–water partition coefficient (Wildman–Crippen LogP) is 2.62. The molecule has 1 amide bonds. The lowest BCUT2D eigenvalue weighted by Gasteiger charge is -2.06. The van der Waals surface area contributed by atoms with E-state index in [-0.39, 0.29) is 28.1 Å². The molecule has 2 rings (SSSR count). The molecule has 108 valence electrons. The van der Waals surface area contributed by atoms with Crippen LogP contribution in [0.4, 0.5) is 5.69 Å². The number of halogens is 2. The number of carbonyl (C=O) groups is 1. The third-order valence-electron chi connectivity index (χ3n) is 2.54. The van der Waals surface area contributed by atoms with Gasteiger partial charge in [0.15, 0.2) is 10.3 Å². The zero-order chi connectivity index (χ0) is 15.4. The number of amides is 1. The molecule has 0 atom stereocenters. The fourth-order valence-corrected chi connectivity index (χ4v) is 1.89. The average molecular weight is 327 g/mol. The van der Waals surface area contributed by atoms with Gasteiger partial charge in [0.05, 0.1) is 10.5 Å². The Bertz CT molecular complexity index is 709. The van der Waals surface area contributed by atoms with Crippen molar-refractivity contribution in [3.63, 3.8) is 0 Å². The molecule has 1 aromatic carbocycles. The minimum absolute atomic E-state index is 0.0416. The highest BCUT2D eigenvalue weighted by Crippen LogP contribution is 2.16. The van der Waals surface area contributed by atoms with Crippen molar-refractivity contribution >= 4 is 34.8 Å². The van der Waals surface area contributed by atoms with E-state index in [4.69, 9.17) is 23.2 Å². The summed E-state index contributed by atoms with van der Waals surface area (Å²) in [6, 6.07) is 7.23. The molecule has 7 nitrogen and oxygen atoms in total. The maximum absolute atomic E-state index is 12.0. The van der Waals surface area contributed by atoms with Crippen molar-refractivity contribution in [2.45, 2.75) is 6.54 Å². The number of benzene rings is 1. The van der Waals surface area contributed by atoms with Crippen LogP contribution in [0, 0.1) is 10.1 Å². The van der Waals surface area contributed by atoms with Gasteiger partial charge in [0.2, 0.25) is 0 Å². The van der Waals surface area contributed by atoms with Gasteiger partial charge in [-0.25, -0.2) is 0 Å². The molecular formula is C12H8Cl2N4O3. The predicted molar refractivity (Wildman–Crippen MR) is 76.3 cm³/mol. The molecule has 2 aromatic rings. The lowest BCUT2D eigenvalue weighted by atomic mass is 10.2. The van der Waals surface area contributed by atoms with E-state index in [0.717, 1.165) is 0 Å². The summed E-state index contributed by atoms with van der Waals surface area (Å²) < 4.78 is 0. The van der Waals surface area contributed by atoms with Crippen LogP contribution in [0.5, 0.6) is 0 Å². The summed E-state index contributed by atoms with van der Waals surface area (Å²) >= 11 is 11.4. The molecule has 0 aliphatic heterocycles. The van der Waals surface area contributed by atoms with Crippen LogP contribution >= 0.6 is 23.2 Å². The van der Waals surface area contributed by atoms with Gasteiger partial charge in [-0.05, 0) is 11.6 Å². The van der Waals surface area contributed by atoms with E-state index in [1.54, 1.807) is 6.07 Å². The largest absolute Gasteiger partial charge is 0.348 e. The molecule has 0 radical (unpaired) electrons. The standard InChI is InChI=1S/C12H8Cl2N4O3/c13-10-5-9(11(14)17-16-10)12(19)15-6-7-2-1-3-8(4-7)18(20)21/h1-5H,6H2,(H,15,19). The van der Waals surface area contributed by atoms with Crippen LogP contribution < -0.4 is 5.32 Å². The van der Waals surface area contributed by atoms with Crippen LogP contribution in [0.2, 0.25) is 10.3 Å². The van der Waals surface area contributed by atoms with Crippen molar-refractivity contribution in [1.29, 1.82) is 0 Å². The maximum Gasteiger partial charge on any atom is 0.269 e. The molecular weight excluding hydrogens is 319 g/mol. The summed E-state index contributed by atoms with van der Waals surface area (Å²) in [4.78, 5) is 22.1. The fourth-order valence-electron chi connectivity index (χ4n) is 1.57. The van der Waals surface area contributed by atoms with E-state index in [1.165, 1.54) is 24.3 Å². The van der Waals surface area contributed by atoms with Gasteiger partial charge < -0.3 is 5.32 Å². The van der Waals surface area contributed by atoms with Gasteiger partial charge in [-0.15, -0.1) is 10.2 Å². The smallest absolute Gasteiger partial charge is 0.269 e. The highest BCUT2D eigenvalue weighted by atomic mass is 35.5. The van der Waals surface area contributed by atoms with Crippen molar-refractivity contribution < 1.29 is 9.72 Å². The number of nitro benzene ring substituents is 1. The zero-order valence-corrected chi connectivity index (χ0v) is 11.9. The minimum Gasteiger partial charge on any atom is -0.348 e. The summed E-state index contributed by atoms with van der Waals surface area (Å²) in [5.41, 5.74) is 0.622. The maximum atomic E-state index is 12.0. The summed E-state index contributed by atoms with van der Waals surface area (Å²) in [6.45, 7) is 0.108. The second-order valence-corrected chi connectivity index (χ2v) is 4.73. The van der Waals surface area contributed by atoms with Gasteiger partial charge in [0.25, 0.3) is 11.6 Å². The summed E-state index contributed by atoms with van der Waals surface area (Å²) in [6.07, 6.45) is 0. The number of hydrogen-bond acceptors (Lipinski definition) is 5. The number of hydrogen-bond donors (Lipinski definition) is 1. The quantitative estimate of drug-likeness (QED) is 0.687. The van der Waals surface area contributed by atoms with Crippen molar-refractivity contribution in [2.75, 3.05) is 0 Å². The van der Waals surface area contributed by atoms with Crippen molar-refractivity contribution in [1.82, 2.24) is 15.5 Å². The van der Waals surface area contributed by atoms with Crippen molar-refractivity contribution in [2.24, 2.45) is 0 Å². The Kier molecular flexibility index (Phi) is 4.66. The first-order chi connectivity index (χ1) is 9.97. The molecule has 1 aromatic heterocycles. The number of aromatic nitrogens is 2. The molecule has 1 heterocycles. The van der Waals surface area contributed by atoms with E-state index in [9.17, 15) is 14.9 Å². The number of non-ortho nitro benzene ring substituents is 1. The number of nitro groups is 1. The third kappa shape index (κ3) is 3.87. The molecule has 0 unspecified atom stereocenters. The van der Waals surface area contributed by atoms with Crippen LogP contribution in [0.1, 0.15) is 15.9 Å². The van der Waals surface area contributed by atoms with Gasteiger partial charge in [-0.2, -0.15) is 0 Å². The molecule has 0 aliphatic carbocycles. The Morgan fingerprint density at radius 1 is 1.29 bits per heavy atom. The monoisotopic (exact) mass is 326 g/mol. The van der Waals surface area contributed by atoms with Crippen LogP contribution in [-0.4, -0.2) is 21.0 Å². The number of nitrogens with zero attached hydrogens (tertiary/aromatic N) is 3. The average Bonchev–Trinajstić information content (AvgIpc) is 2.47. The molecule has 1 N–H and O–H groups in total. The second kappa shape index (κ2) is 6.47. The van der Waals surface area contributed by atoms with Crippen LogP contribution in [0.25, 0.3) is 0 Å². The molecule has 0 spiro atoms. The normalized spacial score (nSPS) is 10.2. The Morgan fingerprint density at radius 3 is 2.76 bits per heavy atom. The Hall–Kier alpha value is -2.25. The SMILES string of the molecule is O=C(NCc1cccc([N+](=O)[O-])c1)c1cc(Cl)nnc1Cl. The van der Waals surface area contributed by atoms with E-state index >= 15 is 0 Å². The first-order valence-electron chi connectivity index (χ1n) is 5.67. The van der Waals surface area contributed by atoms with E-state index in [1.807, 2.05) is 0 Å². The van der Waals surface area contributed by atoms with Crippen LogP contribution in [0.3, 0.4) is 0 Å². The molecule has 21 heavy (non-hydrogen) atoms. The highest BCUT2D eigenvalue weighted by molar-refractivity contribution is 6.34. The molecule has 0 fully saturated rings. The topological polar surface area (TPSA) is 98.0 Å². The van der Waals surface area contributed by atoms with Gasteiger partial charge in [-0.3, -0.25) is 14.9 Å². The highest BCUT2D eigenvalue weighted by Gasteiger charge is 2.13. The minimum atomic E-state index is -0.505. The number of carbonyl (C=O) groups excluding carboxylic acids is 1. The van der Waals surface area contributed by atoms with Gasteiger partial charge in [0.1, 0.15) is 0 Å². The van der Waals surface area contributed by atoms with E-state index in [0.29, 0.717) is 5.56 Å². The van der Waals surface area contributed by atoms with E-state index in [2.05, 4.69) is 15.5 Å². The molecule has 0 saturated carbocycles. The summed E-state index contributed by atoms with van der Waals surface area (Å²) in [7, 11) is 0. The number of rotatable bonds is 4. The molecule has 0 saturated heterocycles. The first-order valence-corrected chi connectivity index (χ1v) is 6.43. The molecule has 9 heteroatoms. The van der Waals surface area contributed by atoms with Crippen LogP contribution in [-0.2, 0) is 6.54 Å². The fraction of sp³-hybridized carbons (Fsp3) is 0.0833. The third-order valence-corrected chi connectivity index (χ3v) is 3.00. The molecule has 0 aliphatic rings. The Labute approximate surface area is 129 Å². The van der Waals surface area contributed by atoms with Gasteiger partial charge in [0, 0.05) is 18.7 Å². The number of nitrogens with one attached hydrogen (secondary N) is 1. The Morgan fingerprint density at radius 2 is 2.05 bits per heavy atom. The van der Waals surface area contributed by atoms with Crippen LogP contribution in [0.15, 0.2) is 30.3 Å². The summed E-state index contributed by atoms with van der Waals surface area (Å²) in [5, 5.41) is 20.2. The van der Waals surface area contributed by atoms with Crippen molar-refractivity contribution in [3.05, 3.63) is 61.9 Å². The zero-order valence-electron chi connectivity index (χ0n) is 10.4. The first kappa shape index (κ1) is 15.1. The van der Waals surface area contributed by atoms with Gasteiger partial charge >= 0.3 is 0 Å². The lowest BCUT2D eigenvalue weighted by molar-refractivity contribution is -0.384. The molecule has 0 bridgehead atoms. The Balaban J connectivity index is 2.09. The second-order valence-electron chi connectivity index (χ2n) is 3.98. The van der Waals surface area contributed by atoms with E-state index < -0.39 is 10.8 Å². The van der Waals surface area contributed by atoms with Gasteiger partial charge in [-0.1, -0.05) is 35.3 Å². The summed E-state index contributed by atoms with van der Waals surface area (Å²) in [5.74, 6) is -0.497. The lowest BCUT2D eigenvalue weighted by Crippen LogP contribution is -2.23. The van der Waals surface area contributed by atoms with Crippen molar-refractivity contribution in [3.8, 4) is 0 Å².